The monoisotopic (exact) mass is 251 g/mol. The first kappa shape index (κ1) is 14.4. The second kappa shape index (κ2) is 6.33. The Morgan fingerprint density at radius 2 is 2.17 bits per heavy atom. The molecule has 5 heteroatoms. The molecule has 0 saturated carbocycles. The van der Waals surface area contributed by atoms with Gasteiger partial charge in [-0.1, -0.05) is 13.8 Å². The first-order valence-electron chi connectivity index (χ1n) is 6.43. The molecule has 0 fully saturated rings. The maximum absolute atomic E-state index is 12.1. The summed E-state index contributed by atoms with van der Waals surface area (Å²) in [6.45, 7) is 5.53. The average molecular weight is 251 g/mol. The zero-order chi connectivity index (χ0) is 13.7. The van der Waals surface area contributed by atoms with Crippen molar-refractivity contribution in [1.82, 2.24) is 9.55 Å². The Morgan fingerprint density at radius 3 is 2.72 bits per heavy atom. The number of carbonyl (C=O) groups excluding carboxylic acids is 1. The fraction of sp³-hybridized carbons (Fsp3) is 0.615. The zero-order valence-electron chi connectivity index (χ0n) is 11.5. The minimum Gasteiger partial charge on any atom is -0.382 e. The Bertz CT molecular complexity index is 480. The molecule has 1 aromatic heterocycles. The van der Waals surface area contributed by atoms with Gasteiger partial charge in [0.15, 0.2) is 5.78 Å². The molecule has 1 aliphatic heterocycles. The van der Waals surface area contributed by atoms with Crippen LogP contribution < -0.4 is 10.9 Å². The first-order chi connectivity index (χ1) is 8.65. The Labute approximate surface area is 107 Å². The molecule has 1 unspecified atom stereocenters. The summed E-state index contributed by atoms with van der Waals surface area (Å²) in [4.78, 5) is 27.8. The van der Waals surface area contributed by atoms with Crippen molar-refractivity contribution in [2.45, 2.75) is 46.1 Å². The highest BCUT2D eigenvalue weighted by Crippen LogP contribution is 2.22. The molecule has 1 aromatic rings. The molecule has 0 radical (unpaired) electrons. The van der Waals surface area contributed by atoms with Gasteiger partial charge in [0.2, 0.25) is 0 Å². The van der Waals surface area contributed by atoms with E-state index in [-0.39, 0.29) is 17.4 Å². The minimum absolute atomic E-state index is 0.0260. The van der Waals surface area contributed by atoms with E-state index < -0.39 is 0 Å². The molecule has 2 heterocycles. The van der Waals surface area contributed by atoms with Gasteiger partial charge in [0.05, 0.1) is 12.2 Å². The van der Waals surface area contributed by atoms with Crippen molar-refractivity contribution in [1.29, 1.82) is 0 Å². The van der Waals surface area contributed by atoms with E-state index in [1.807, 2.05) is 13.8 Å². The summed E-state index contributed by atoms with van der Waals surface area (Å²) in [5.41, 5.74) is 0.296. The number of ketones is 1. The van der Waals surface area contributed by atoms with Crippen molar-refractivity contribution in [3.63, 3.8) is 0 Å². The highest BCUT2D eigenvalue weighted by atomic mass is 16.1. The normalized spacial score (nSPS) is 17.2. The number of hydrogen-bond donors (Lipinski definition) is 1. The molecule has 18 heavy (non-hydrogen) atoms. The van der Waals surface area contributed by atoms with Crippen LogP contribution in [0.3, 0.4) is 0 Å². The summed E-state index contributed by atoms with van der Waals surface area (Å²) in [5, 5.41) is 2.80. The SMILES string of the molecule is CC.CNc1cnc2n(c1=O)C(C(C)=O)CCC2. The largest absolute Gasteiger partial charge is 0.382 e. The van der Waals surface area contributed by atoms with Crippen molar-refractivity contribution in [3.8, 4) is 0 Å². The number of Topliss-reactive ketones (excluding diaryl/α,β-unsaturated/α-hetero) is 1. The quantitative estimate of drug-likeness (QED) is 0.870. The van der Waals surface area contributed by atoms with Crippen LogP contribution in [0.15, 0.2) is 11.0 Å². The van der Waals surface area contributed by atoms with Crippen LogP contribution in [0.4, 0.5) is 5.69 Å². The Morgan fingerprint density at radius 1 is 1.50 bits per heavy atom. The highest BCUT2D eigenvalue weighted by Gasteiger charge is 2.25. The van der Waals surface area contributed by atoms with E-state index in [4.69, 9.17) is 0 Å². The van der Waals surface area contributed by atoms with Crippen LogP contribution in [0.1, 0.15) is 45.5 Å². The summed E-state index contributed by atoms with van der Waals surface area (Å²) in [6, 6.07) is -0.336. The van der Waals surface area contributed by atoms with Gasteiger partial charge < -0.3 is 5.32 Å². The van der Waals surface area contributed by atoms with E-state index in [1.54, 1.807) is 7.05 Å². The Kier molecular flexibility index (Phi) is 5.07. The number of fused-ring (bicyclic) bond motifs is 1. The third kappa shape index (κ3) is 2.60. The van der Waals surface area contributed by atoms with Crippen molar-refractivity contribution >= 4 is 11.5 Å². The molecule has 1 atom stereocenters. The van der Waals surface area contributed by atoms with Crippen molar-refractivity contribution < 1.29 is 4.79 Å². The fourth-order valence-corrected chi connectivity index (χ4v) is 2.15. The van der Waals surface area contributed by atoms with Crippen LogP contribution in [0, 0.1) is 0 Å². The lowest BCUT2D eigenvalue weighted by Crippen LogP contribution is -2.36. The molecule has 2 rings (SSSR count). The van der Waals surface area contributed by atoms with E-state index in [0.29, 0.717) is 5.69 Å². The number of hydrogen-bond acceptors (Lipinski definition) is 4. The van der Waals surface area contributed by atoms with Gasteiger partial charge in [-0.05, 0) is 19.8 Å². The van der Waals surface area contributed by atoms with Crippen molar-refractivity contribution in [2.24, 2.45) is 0 Å². The molecule has 100 valence electrons. The van der Waals surface area contributed by atoms with Crippen LogP contribution in [0.5, 0.6) is 0 Å². The van der Waals surface area contributed by atoms with Gasteiger partial charge in [-0.25, -0.2) is 4.98 Å². The van der Waals surface area contributed by atoms with E-state index in [1.165, 1.54) is 17.7 Å². The molecule has 1 N–H and O–H groups in total. The molecular weight excluding hydrogens is 230 g/mol. The maximum atomic E-state index is 12.1. The molecule has 0 aromatic carbocycles. The van der Waals surface area contributed by atoms with Crippen molar-refractivity contribution in [3.05, 3.63) is 22.4 Å². The molecule has 0 spiro atoms. The van der Waals surface area contributed by atoms with E-state index >= 15 is 0 Å². The summed E-state index contributed by atoms with van der Waals surface area (Å²) in [6.07, 6.45) is 3.95. The number of carbonyl (C=O) groups is 1. The second-order valence-corrected chi connectivity index (χ2v) is 4.03. The average Bonchev–Trinajstić information content (AvgIpc) is 2.41. The zero-order valence-corrected chi connectivity index (χ0v) is 11.5. The summed E-state index contributed by atoms with van der Waals surface area (Å²) < 4.78 is 1.54. The van der Waals surface area contributed by atoms with E-state index in [0.717, 1.165) is 25.1 Å². The minimum atomic E-state index is -0.336. The van der Waals surface area contributed by atoms with Gasteiger partial charge in [-0.2, -0.15) is 0 Å². The smallest absolute Gasteiger partial charge is 0.277 e. The van der Waals surface area contributed by atoms with Gasteiger partial charge in [0.1, 0.15) is 11.5 Å². The van der Waals surface area contributed by atoms with Gasteiger partial charge in [0, 0.05) is 13.5 Å². The number of aromatic nitrogens is 2. The van der Waals surface area contributed by atoms with Crippen LogP contribution >= 0.6 is 0 Å². The number of nitrogens with one attached hydrogen (secondary N) is 1. The van der Waals surface area contributed by atoms with E-state index in [9.17, 15) is 9.59 Å². The Balaban J connectivity index is 0.000000771. The lowest BCUT2D eigenvalue weighted by molar-refractivity contribution is -0.120. The summed E-state index contributed by atoms with van der Waals surface area (Å²) in [5.74, 6) is 0.744. The lowest BCUT2D eigenvalue weighted by Gasteiger charge is -2.25. The fourth-order valence-electron chi connectivity index (χ4n) is 2.15. The predicted octanol–water partition coefficient (Wildman–Crippen LogP) is 1.78. The van der Waals surface area contributed by atoms with Crippen LogP contribution in [0.25, 0.3) is 0 Å². The number of nitrogens with zero attached hydrogens (tertiary/aromatic N) is 2. The standard InChI is InChI=1S/C11H15N3O2.C2H6/c1-7(15)9-4-3-5-10-13-6-8(12-2)11(16)14(9)10;1-2/h6,9,12H,3-5H2,1-2H3;1-2H3. The second-order valence-electron chi connectivity index (χ2n) is 4.03. The molecule has 0 amide bonds. The molecule has 0 bridgehead atoms. The number of rotatable bonds is 2. The molecule has 1 aliphatic rings. The molecule has 0 saturated heterocycles. The number of anilines is 1. The van der Waals surface area contributed by atoms with Gasteiger partial charge in [-0.3, -0.25) is 14.2 Å². The van der Waals surface area contributed by atoms with Crippen LogP contribution in [-0.4, -0.2) is 22.4 Å². The van der Waals surface area contributed by atoms with E-state index in [2.05, 4.69) is 10.3 Å². The van der Waals surface area contributed by atoms with Gasteiger partial charge in [0.25, 0.3) is 5.56 Å². The summed E-state index contributed by atoms with van der Waals surface area (Å²) >= 11 is 0. The van der Waals surface area contributed by atoms with Crippen LogP contribution in [-0.2, 0) is 11.2 Å². The summed E-state index contributed by atoms with van der Waals surface area (Å²) in [7, 11) is 1.68. The number of aryl methyl sites for hydroxylation is 1. The van der Waals surface area contributed by atoms with Crippen LogP contribution in [0.2, 0.25) is 0 Å². The topological polar surface area (TPSA) is 64.0 Å². The third-order valence-corrected chi connectivity index (χ3v) is 3.00. The third-order valence-electron chi connectivity index (χ3n) is 3.00. The first-order valence-corrected chi connectivity index (χ1v) is 6.43. The lowest BCUT2D eigenvalue weighted by atomic mass is 10.0. The molecule has 0 aliphatic carbocycles. The maximum Gasteiger partial charge on any atom is 0.277 e. The van der Waals surface area contributed by atoms with Gasteiger partial charge in [-0.15, -0.1) is 0 Å². The van der Waals surface area contributed by atoms with Gasteiger partial charge >= 0.3 is 0 Å². The molecule has 5 nitrogen and oxygen atoms in total. The predicted molar refractivity (Wildman–Crippen MR) is 72.0 cm³/mol. The Hall–Kier alpha value is -1.65. The highest BCUT2D eigenvalue weighted by molar-refractivity contribution is 5.80. The van der Waals surface area contributed by atoms with Crippen molar-refractivity contribution in [2.75, 3.05) is 12.4 Å². The molecular formula is C13H21N3O2.